The number of nitrogens with one attached hydrogen (secondary N) is 1. The predicted octanol–water partition coefficient (Wildman–Crippen LogP) is 3.54. The van der Waals surface area contributed by atoms with Crippen molar-refractivity contribution in [2.24, 2.45) is 0 Å². The fourth-order valence-corrected chi connectivity index (χ4v) is 2.19. The highest BCUT2D eigenvalue weighted by Crippen LogP contribution is 2.21. The number of aromatic nitrogens is 2. The van der Waals surface area contributed by atoms with E-state index in [1.807, 2.05) is 48.5 Å². The molecule has 0 saturated heterocycles. The lowest BCUT2D eigenvalue weighted by Gasteiger charge is -1.98. The molecule has 3 nitrogen and oxygen atoms in total. The van der Waals surface area contributed by atoms with Crippen LogP contribution in [-0.2, 0) is 6.42 Å². The third-order valence-corrected chi connectivity index (χ3v) is 3.14. The first-order chi connectivity index (χ1) is 9.86. The van der Waals surface area contributed by atoms with Crippen molar-refractivity contribution < 1.29 is 0 Å². The van der Waals surface area contributed by atoms with E-state index < -0.39 is 0 Å². The summed E-state index contributed by atoms with van der Waals surface area (Å²) in [5.41, 5.74) is 3.39. The minimum absolute atomic E-state index is 0.446. The zero-order valence-electron chi connectivity index (χ0n) is 10.9. The van der Waals surface area contributed by atoms with Crippen LogP contribution in [0, 0.1) is 11.3 Å². The van der Waals surface area contributed by atoms with Crippen LogP contribution in [0.4, 0.5) is 0 Å². The molecule has 0 spiro atoms. The second-order valence-electron chi connectivity index (χ2n) is 4.55. The standard InChI is InChI=1S/C17H13N3/c18-12-15-17(14-9-5-2-6-10-14)20-16(19-15)11-13-7-3-1-4-8-13/h1-10H,11H2,(H,19,20). The number of hydrogen-bond acceptors (Lipinski definition) is 2. The smallest absolute Gasteiger partial charge is 0.166 e. The third kappa shape index (κ3) is 2.45. The van der Waals surface area contributed by atoms with Crippen molar-refractivity contribution in [3.63, 3.8) is 0 Å². The van der Waals surface area contributed by atoms with Gasteiger partial charge in [-0.15, -0.1) is 0 Å². The van der Waals surface area contributed by atoms with E-state index in [0.29, 0.717) is 12.1 Å². The Kier molecular flexibility index (Phi) is 3.30. The number of nitriles is 1. The predicted molar refractivity (Wildman–Crippen MR) is 78.0 cm³/mol. The number of aromatic amines is 1. The second kappa shape index (κ2) is 5.41. The normalized spacial score (nSPS) is 10.2. The topological polar surface area (TPSA) is 52.5 Å². The molecule has 2 aromatic carbocycles. The molecular formula is C17H13N3. The van der Waals surface area contributed by atoms with Crippen molar-refractivity contribution in [3.8, 4) is 17.3 Å². The molecule has 0 unspecified atom stereocenters. The molecule has 1 aromatic heterocycles. The summed E-state index contributed by atoms with van der Waals surface area (Å²) < 4.78 is 0. The Labute approximate surface area is 117 Å². The lowest BCUT2D eigenvalue weighted by Crippen LogP contribution is -1.90. The van der Waals surface area contributed by atoms with Gasteiger partial charge in [0.1, 0.15) is 11.9 Å². The molecule has 3 aromatic rings. The largest absolute Gasteiger partial charge is 0.341 e. The van der Waals surface area contributed by atoms with Crippen LogP contribution in [-0.4, -0.2) is 9.97 Å². The van der Waals surface area contributed by atoms with Crippen molar-refractivity contribution in [1.29, 1.82) is 5.26 Å². The Morgan fingerprint density at radius 3 is 2.25 bits per heavy atom. The third-order valence-electron chi connectivity index (χ3n) is 3.14. The van der Waals surface area contributed by atoms with Gasteiger partial charge in [-0.25, -0.2) is 4.98 Å². The van der Waals surface area contributed by atoms with Crippen molar-refractivity contribution in [2.45, 2.75) is 6.42 Å². The van der Waals surface area contributed by atoms with E-state index in [2.05, 4.69) is 28.2 Å². The molecule has 0 aliphatic rings. The number of nitrogens with zero attached hydrogens (tertiary/aromatic N) is 2. The molecule has 20 heavy (non-hydrogen) atoms. The van der Waals surface area contributed by atoms with Crippen molar-refractivity contribution in [1.82, 2.24) is 9.97 Å². The molecule has 0 aliphatic heterocycles. The lowest BCUT2D eigenvalue weighted by atomic mass is 10.1. The number of imidazole rings is 1. The van der Waals surface area contributed by atoms with Crippen molar-refractivity contribution in [3.05, 3.63) is 77.7 Å². The SMILES string of the molecule is N#Cc1nc(Cc2ccccc2)[nH]c1-c1ccccc1. The van der Waals surface area contributed by atoms with E-state index in [9.17, 15) is 5.26 Å². The van der Waals surface area contributed by atoms with Gasteiger partial charge in [-0.3, -0.25) is 0 Å². The van der Waals surface area contributed by atoms with Gasteiger partial charge in [-0.2, -0.15) is 5.26 Å². The fourth-order valence-electron chi connectivity index (χ4n) is 2.19. The average Bonchev–Trinajstić information content (AvgIpc) is 2.92. The molecule has 1 heterocycles. The number of benzene rings is 2. The summed E-state index contributed by atoms with van der Waals surface area (Å²) in [7, 11) is 0. The van der Waals surface area contributed by atoms with Gasteiger partial charge in [0, 0.05) is 12.0 Å². The molecular weight excluding hydrogens is 246 g/mol. The maximum Gasteiger partial charge on any atom is 0.166 e. The van der Waals surface area contributed by atoms with Crippen LogP contribution in [0.5, 0.6) is 0 Å². The maximum absolute atomic E-state index is 9.23. The van der Waals surface area contributed by atoms with E-state index in [1.54, 1.807) is 0 Å². The summed E-state index contributed by atoms with van der Waals surface area (Å²) in [6.45, 7) is 0. The van der Waals surface area contributed by atoms with Crippen LogP contribution in [0.2, 0.25) is 0 Å². The highest BCUT2D eigenvalue weighted by atomic mass is 14.9. The Balaban J connectivity index is 1.96. The summed E-state index contributed by atoms with van der Waals surface area (Å²) in [5, 5.41) is 9.23. The number of H-pyrrole nitrogens is 1. The van der Waals surface area contributed by atoms with Crippen LogP contribution in [0.1, 0.15) is 17.1 Å². The first-order valence-electron chi connectivity index (χ1n) is 6.45. The quantitative estimate of drug-likeness (QED) is 0.782. The van der Waals surface area contributed by atoms with E-state index in [-0.39, 0.29) is 0 Å². The Hall–Kier alpha value is -2.86. The van der Waals surface area contributed by atoms with Crippen molar-refractivity contribution in [2.75, 3.05) is 0 Å². The molecule has 0 amide bonds. The van der Waals surface area contributed by atoms with Gasteiger partial charge >= 0.3 is 0 Å². The van der Waals surface area contributed by atoms with E-state index in [0.717, 1.165) is 17.1 Å². The van der Waals surface area contributed by atoms with Crippen LogP contribution in [0.25, 0.3) is 11.3 Å². The minimum Gasteiger partial charge on any atom is -0.341 e. The molecule has 0 radical (unpaired) electrons. The van der Waals surface area contributed by atoms with Gasteiger partial charge in [0.05, 0.1) is 5.69 Å². The molecule has 0 aliphatic carbocycles. The second-order valence-corrected chi connectivity index (χ2v) is 4.55. The van der Waals surface area contributed by atoms with Crippen molar-refractivity contribution >= 4 is 0 Å². The number of rotatable bonds is 3. The monoisotopic (exact) mass is 259 g/mol. The molecule has 0 fully saturated rings. The van der Waals surface area contributed by atoms with Gasteiger partial charge in [0.15, 0.2) is 5.69 Å². The van der Waals surface area contributed by atoms with Crippen LogP contribution >= 0.6 is 0 Å². The van der Waals surface area contributed by atoms with E-state index in [1.165, 1.54) is 5.56 Å². The van der Waals surface area contributed by atoms with Gasteiger partial charge in [-0.05, 0) is 5.56 Å². The fraction of sp³-hybridized carbons (Fsp3) is 0.0588. The zero-order chi connectivity index (χ0) is 13.8. The molecule has 0 bridgehead atoms. The van der Waals surface area contributed by atoms with E-state index >= 15 is 0 Å². The molecule has 0 saturated carbocycles. The summed E-state index contributed by atoms with van der Waals surface area (Å²) in [4.78, 5) is 7.65. The van der Waals surface area contributed by atoms with Gasteiger partial charge in [-0.1, -0.05) is 60.7 Å². The highest BCUT2D eigenvalue weighted by molar-refractivity contribution is 5.65. The summed E-state index contributed by atoms with van der Waals surface area (Å²) in [6, 6.07) is 22.1. The van der Waals surface area contributed by atoms with Gasteiger partial charge in [0.25, 0.3) is 0 Å². The molecule has 3 rings (SSSR count). The van der Waals surface area contributed by atoms with Crippen LogP contribution in [0.3, 0.4) is 0 Å². The Morgan fingerprint density at radius 1 is 0.950 bits per heavy atom. The minimum atomic E-state index is 0.446. The van der Waals surface area contributed by atoms with Crippen LogP contribution < -0.4 is 0 Å². The number of hydrogen-bond donors (Lipinski definition) is 1. The first-order valence-corrected chi connectivity index (χ1v) is 6.45. The lowest BCUT2D eigenvalue weighted by molar-refractivity contribution is 1.02. The highest BCUT2D eigenvalue weighted by Gasteiger charge is 2.11. The zero-order valence-corrected chi connectivity index (χ0v) is 10.9. The Morgan fingerprint density at radius 2 is 1.60 bits per heavy atom. The molecule has 3 heteroatoms. The van der Waals surface area contributed by atoms with Crippen LogP contribution in [0.15, 0.2) is 60.7 Å². The van der Waals surface area contributed by atoms with Gasteiger partial charge in [0.2, 0.25) is 0 Å². The molecule has 1 N–H and O–H groups in total. The van der Waals surface area contributed by atoms with Gasteiger partial charge < -0.3 is 4.98 Å². The van der Waals surface area contributed by atoms with E-state index in [4.69, 9.17) is 0 Å². The first kappa shape index (κ1) is 12.2. The Bertz CT molecular complexity index is 737. The molecule has 0 atom stereocenters. The average molecular weight is 259 g/mol. The summed E-state index contributed by atoms with van der Waals surface area (Å²) in [5.74, 6) is 0.812. The maximum atomic E-state index is 9.23. The summed E-state index contributed by atoms with van der Waals surface area (Å²) >= 11 is 0. The summed E-state index contributed by atoms with van der Waals surface area (Å²) in [6.07, 6.45) is 0.697. The molecule has 96 valence electrons.